The first-order chi connectivity index (χ1) is 13.6. The summed E-state index contributed by atoms with van der Waals surface area (Å²) in [6.07, 6.45) is 0. The van der Waals surface area contributed by atoms with E-state index >= 15 is 0 Å². The summed E-state index contributed by atoms with van der Waals surface area (Å²) in [5.74, 6) is -1.05. The van der Waals surface area contributed by atoms with Crippen LogP contribution in [-0.2, 0) is 9.53 Å². The molecular formula is C22H15ClN2O3. The summed E-state index contributed by atoms with van der Waals surface area (Å²) < 4.78 is 5.18. The van der Waals surface area contributed by atoms with Gasteiger partial charge >= 0.3 is 5.97 Å². The van der Waals surface area contributed by atoms with E-state index in [-0.39, 0.29) is 10.7 Å². The molecule has 28 heavy (non-hydrogen) atoms. The maximum Gasteiger partial charge on any atom is 0.339 e. The third-order valence-electron chi connectivity index (χ3n) is 4.27. The number of anilines is 1. The topological polar surface area (TPSA) is 68.3 Å². The van der Waals surface area contributed by atoms with Gasteiger partial charge in [-0.3, -0.25) is 4.79 Å². The van der Waals surface area contributed by atoms with Gasteiger partial charge in [-0.05, 0) is 35.0 Å². The van der Waals surface area contributed by atoms with Gasteiger partial charge in [0.1, 0.15) is 5.15 Å². The zero-order valence-corrected chi connectivity index (χ0v) is 15.4. The average Bonchev–Trinajstić information content (AvgIpc) is 2.71. The number of nitrogens with one attached hydrogen (secondary N) is 1. The molecule has 1 amide bonds. The number of amides is 1. The van der Waals surface area contributed by atoms with E-state index in [0.29, 0.717) is 16.6 Å². The lowest BCUT2D eigenvalue weighted by Gasteiger charge is -2.09. The number of esters is 1. The van der Waals surface area contributed by atoms with Gasteiger partial charge in [0, 0.05) is 11.1 Å². The van der Waals surface area contributed by atoms with Crippen molar-refractivity contribution in [3.63, 3.8) is 0 Å². The second-order valence-electron chi connectivity index (χ2n) is 6.20. The molecule has 4 rings (SSSR count). The molecule has 138 valence electrons. The van der Waals surface area contributed by atoms with Crippen LogP contribution in [0.4, 0.5) is 5.69 Å². The second-order valence-corrected chi connectivity index (χ2v) is 6.58. The van der Waals surface area contributed by atoms with Crippen molar-refractivity contribution in [3.8, 4) is 0 Å². The lowest BCUT2D eigenvalue weighted by atomic mass is 10.1. The number of halogens is 1. The predicted molar refractivity (Wildman–Crippen MR) is 110 cm³/mol. The number of para-hydroxylation sites is 1. The highest BCUT2D eigenvalue weighted by atomic mass is 35.5. The second kappa shape index (κ2) is 7.66. The molecule has 0 saturated carbocycles. The van der Waals surface area contributed by atoms with E-state index in [2.05, 4.69) is 10.3 Å². The summed E-state index contributed by atoms with van der Waals surface area (Å²) >= 11 is 5.99. The number of rotatable bonds is 4. The van der Waals surface area contributed by atoms with Crippen molar-refractivity contribution in [2.45, 2.75) is 0 Å². The lowest BCUT2D eigenvalue weighted by molar-refractivity contribution is -0.119. The molecule has 1 N–H and O–H groups in total. The van der Waals surface area contributed by atoms with Crippen molar-refractivity contribution in [1.29, 1.82) is 0 Å². The van der Waals surface area contributed by atoms with E-state index < -0.39 is 18.5 Å². The Labute approximate surface area is 165 Å². The first-order valence-corrected chi connectivity index (χ1v) is 8.99. The molecule has 0 aliphatic heterocycles. The number of pyridine rings is 1. The van der Waals surface area contributed by atoms with Crippen molar-refractivity contribution >= 4 is 50.8 Å². The number of aromatic nitrogens is 1. The molecule has 0 fully saturated rings. The van der Waals surface area contributed by atoms with E-state index in [0.717, 1.165) is 10.8 Å². The Morgan fingerprint density at radius 2 is 1.68 bits per heavy atom. The van der Waals surface area contributed by atoms with Crippen molar-refractivity contribution < 1.29 is 14.3 Å². The van der Waals surface area contributed by atoms with Crippen LogP contribution in [0, 0.1) is 0 Å². The summed E-state index contributed by atoms with van der Waals surface area (Å²) in [4.78, 5) is 28.8. The first kappa shape index (κ1) is 17.9. The minimum absolute atomic E-state index is 0.186. The number of nitrogens with zero attached hydrogens (tertiary/aromatic N) is 1. The fourth-order valence-corrected chi connectivity index (χ4v) is 3.19. The van der Waals surface area contributed by atoms with Gasteiger partial charge in [0.25, 0.3) is 5.91 Å². The Hall–Kier alpha value is -3.44. The Bertz CT molecular complexity index is 1210. The molecule has 0 unspecified atom stereocenters. The maximum absolute atomic E-state index is 12.5. The standard InChI is InChI=1S/C22H15ClN2O3/c23-20-12-18(17-7-3-4-8-19(17)25-20)22(27)28-13-21(26)24-16-10-9-14-5-1-2-6-15(14)11-16/h1-12H,13H2,(H,24,26). The van der Waals surface area contributed by atoms with Crippen LogP contribution >= 0.6 is 11.6 Å². The molecule has 5 nitrogen and oxygen atoms in total. The largest absolute Gasteiger partial charge is 0.452 e. The summed E-state index contributed by atoms with van der Waals surface area (Å²) in [5, 5.41) is 5.63. The Kier molecular flexibility index (Phi) is 4.91. The van der Waals surface area contributed by atoms with E-state index in [1.807, 2.05) is 36.4 Å². The minimum Gasteiger partial charge on any atom is -0.452 e. The van der Waals surface area contributed by atoms with Crippen LogP contribution in [0.2, 0.25) is 5.15 Å². The zero-order valence-electron chi connectivity index (χ0n) is 14.7. The molecule has 0 aliphatic carbocycles. The SMILES string of the molecule is O=C(COC(=O)c1cc(Cl)nc2ccccc12)Nc1ccc2ccccc2c1. The summed E-state index contributed by atoms with van der Waals surface area (Å²) in [5.41, 5.74) is 1.49. The first-order valence-electron chi connectivity index (χ1n) is 8.61. The molecule has 0 saturated heterocycles. The molecular weight excluding hydrogens is 376 g/mol. The molecule has 1 aromatic heterocycles. The van der Waals surface area contributed by atoms with Crippen molar-refractivity contribution in [2.24, 2.45) is 0 Å². The Balaban J connectivity index is 1.45. The van der Waals surface area contributed by atoms with Crippen LogP contribution < -0.4 is 5.32 Å². The summed E-state index contributed by atoms with van der Waals surface area (Å²) in [6, 6.07) is 22.0. The zero-order chi connectivity index (χ0) is 19.5. The number of hydrogen-bond donors (Lipinski definition) is 1. The maximum atomic E-state index is 12.5. The molecule has 0 atom stereocenters. The van der Waals surface area contributed by atoms with Crippen molar-refractivity contribution in [1.82, 2.24) is 4.98 Å². The van der Waals surface area contributed by atoms with Crippen LogP contribution in [-0.4, -0.2) is 23.5 Å². The fraction of sp³-hybridized carbons (Fsp3) is 0.0455. The fourth-order valence-electron chi connectivity index (χ4n) is 2.98. The van der Waals surface area contributed by atoms with Gasteiger partial charge in [-0.15, -0.1) is 0 Å². The Morgan fingerprint density at radius 3 is 2.54 bits per heavy atom. The number of benzene rings is 3. The van der Waals surface area contributed by atoms with Gasteiger partial charge < -0.3 is 10.1 Å². The molecule has 0 spiro atoms. The smallest absolute Gasteiger partial charge is 0.339 e. The highest BCUT2D eigenvalue weighted by Crippen LogP contribution is 2.22. The van der Waals surface area contributed by atoms with Crippen LogP contribution in [0.15, 0.2) is 72.8 Å². The number of carbonyl (C=O) groups excluding carboxylic acids is 2. The van der Waals surface area contributed by atoms with Gasteiger partial charge in [-0.1, -0.05) is 60.1 Å². The number of ether oxygens (including phenoxy) is 1. The van der Waals surface area contributed by atoms with Crippen LogP contribution in [0.5, 0.6) is 0 Å². The van der Waals surface area contributed by atoms with Crippen LogP contribution in [0.3, 0.4) is 0 Å². The Morgan fingerprint density at radius 1 is 0.929 bits per heavy atom. The molecule has 3 aromatic carbocycles. The van der Waals surface area contributed by atoms with E-state index in [4.69, 9.17) is 16.3 Å². The molecule has 4 aromatic rings. The van der Waals surface area contributed by atoms with E-state index in [9.17, 15) is 9.59 Å². The molecule has 6 heteroatoms. The summed E-state index contributed by atoms with van der Waals surface area (Å²) in [6.45, 7) is -0.403. The van der Waals surface area contributed by atoms with E-state index in [1.165, 1.54) is 6.07 Å². The molecule has 0 radical (unpaired) electrons. The predicted octanol–water partition coefficient (Wildman–Crippen LogP) is 4.84. The van der Waals surface area contributed by atoms with Crippen LogP contribution in [0.25, 0.3) is 21.7 Å². The number of carbonyl (C=O) groups is 2. The summed E-state index contributed by atoms with van der Waals surface area (Å²) in [7, 11) is 0. The van der Waals surface area contributed by atoms with Crippen molar-refractivity contribution in [3.05, 3.63) is 83.5 Å². The van der Waals surface area contributed by atoms with Gasteiger partial charge in [-0.25, -0.2) is 9.78 Å². The molecule has 1 heterocycles. The third kappa shape index (κ3) is 3.80. The van der Waals surface area contributed by atoms with Crippen molar-refractivity contribution in [2.75, 3.05) is 11.9 Å². The highest BCUT2D eigenvalue weighted by molar-refractivity contribution is 6.30. The van der Waals surface area contributed by atoms with Crippen LogP contribution in [0.1, 0.15) is 10.4 Å². The van der Waals surface area contributed by atoms with E-state index in [1.54, 1.807) is 30.3 Å². The quantitative estimate of drug-likeness (QED) is 0.400. The third-order valence-corrected chi connectivity index (χ3v) is 4.47. The lowest BCUT2D eigenvalue weighted by Crippen LogP contribution is -2.21. The monoisotopic (exact) mass is 390 g/mol. The average molecular weight is 391 g/mol. The van der Waals surface area contributed by atoms with Gasteiger partial charge in [0.15, 0.2) is 6.61 Å². The minimum atomic E-state index is -0.630. The van der Waals surface area contributed by atoms with Gasteiger partial charge in [-0.2, -0.15) is 0 Å². The highest BCUT2D eigenvalue weighted by Gasteiger charge is 2.15. The van der Waals surface area contributed by atoms with Gasteiger partial charge in [0.05, 0.1) is 11.1 Å². The number of hydrogen-bond acceptors (Lipinski definition) is 4. The molecule has 0 aliphatic rings. The molecule has 0 bridgehead atoms. The normalized spacial score (nSPS) is 10.8. The van der Waals surface area contributed by atoms with Gasteiger partial charge in [0.2, 0.25) is 0 Å². The number of fused-ring (bicyclic) bond motifs is 2.